The first-order chi connectivity index (χ1) is 10.5. The van der Waals surface area contributed by atoms with Gasteiger partial charge in [0.2, 0.25) is 5.88 Å². The zero-order valence-corrected chi connectivity index (χ0v) is 14.0. The number of hydrogen-bond acceptors (Lipinski definition) is 5. The number of urea groups is 1. The van der Waals surface area contributed by atoms with Gasteiger partial charge in [-0.3, -0.25) is 0 Å². The number of hydrogen-bond donors (Lipinski definition) is 2. The third-order valence-corrected chi connectivity index (χ3v) is 4.34. The van der Waals surface area contributed by atoms with E-state index in [1.54, 1.807) is 30.6 Å². The summed E-state index contributed by atoms with van der Waals surface area (Å²) in [5.41, 5.74) is 2.38. The highest BCUT2D eigenvalue weighted by Crippen LogP contribution is 2.19. The second kappa shape index (κ2) is 7.22. The highest BCUT2D eigenvalue weighted by molar-refractivity contribution is 7.09. The van der Waals surface area contributed by atoms with Gasteiger partial charge in [-0.15, -0.1) is 11.3 Å². The normalized spacial score (nSPS) is 11.8. The first kappa shape index (κ1) is 16.2. The van der Waals surface area contributed by atoms with E-state index in [9.17, 15) is 4.79 Å². The molecule has 0 aliphatic carbocycles. The Morgan fingerprint density at radius 1 is 1.36 bits per heavy atom. The molecule has 6 nitrogen and oxygen atoms in total. The molecule has 0 aliphatic heterocycles. The summed E-state index contributed by atoms with van der Waals surface area (Å²) in [5.74, 6) is 0.704. The maximum Gasteiger partial charge on any atom is 0.319 e. The van der Waals surface area contributed by atoms with E-state index in [0.717, 1.165) is 10.7 Å². The van der Waals surface area contributed by atoms with E-state index in [2.05, 4.69) is 20.6 Å². The fourth-order valence-corrected chi connectivity index (χ4v) is 2.74. The molecule has 0 spiro atoms. The smallest absolute Gasteiger partial charge is 0.319 e. The van der Waals surface area contributed by atoms with Crippen molar-refractivity contribution in [3.05, 3.63) is 33.9 Å². The maximum atomic E-state index is 12.0. The van der Waals surface area contributed by atoms with Gasteiger partial charge in [-0.2, -0.15) is 0 Å². The molecular formula is C15H20N4O2S. The Morgan fingerprint density at radius 2 is 2.14 bits per heavy atom. The minimum Gasteiger partial charge on any atom is -0.481 e. The number of methoxy groups -OCH3 is 1. The molecule has 1 atom stereocenters. The van der Waals surface area contributed by atoms with E-state index >= 15 is 0 Å². The van der Waals surface area contributed by atoms with Gasteiger partial charge in [0.15, 0.2) is 0 Å². The quantitative estimate of drug-likeness (QED) is 0.887. The van der Waals surface area contributed by atoms with Gasteiger partial charge < -0.3 is 15.4 Å². The van der Waals surface area contributed by atoms with Gasteiger partial charge in [0.05, 0.1) is 23.5 Å². The van der Waals surface area contributed by atoms with Crippen molar-refractivity contribution in [1.29, 1.82) is 0 Å². The maximum absolute atomic E-state index is 12.0. The number of aromatic nitrogens is 2. The van der Waals surface area contributed by atoms with Crippen LogP contribution in [0.4, 0.5) is 10.5 Å². The number of anilines is 1. The standard InChI is InChI=1S/C15H20N4O2S/c1-9(14-17-10(2)8-22-14)7-16-15(20)19-12-5-6-13(21-4)18-11(12)3/h5-6,8-9H,7H2,1-4H3,(H2,16,19,20)/t9-/m1/s1. The van der Waals surface area contributed by atoms with Crippen LogP contribution in [0.3, 0.4) is 0 Å². The van der Waals surface area contributed by atoms with E-state index in [0.29, 0.717) is 23.8 Å². The fourth-order valence-electron chi connectivity index (χ4n) is 1.88. The summed E-state index contributed by atoms with van der Waals surface area (Å²) in [6.45, 7) is 6.35. The molecule has 0 bridgehead atoms. The number of aryl methyl sites for hydroxylation is 2. The molecule has 0 saturated carbocycles. The van der Waals surface area contributed by atoms with Crippen LogP contribution in [0.15, 0.2) is 17.5 Å². The number of carbonyl (C=O) groups excluding carboxylic acids is 1. The van der Waals surface area contributed by atoms with E-state index in [1.807, 2.05) is 26.2 Å². The van der Waals surface area contributed by atoms with Crippen molar-refractivity contribution in [3.63, 3.8) is 0 Å². The van der Waals surface area contributed by atoms with Crippen LogP contribution >= 0.6 is 11.3 Å². The number of amides is 2. The fraction of sp³-hybridized carbons (Fsp3) is 0.400. The zero-order valence-electron chi connectivity index (χ0n) is 13.1. The molecular weight excluding hydrogens is 300 g/mol. The monoisotopic (exact) mass is 320 g/mol. The first-order valence-corrected chi connectivity index (χ1v) is 7.86. The summed E-state index contributed by atoms with van der Waals surface area (Å²) < 4.78 is 5.04. The van der Waals surface area contributed by atoms with Gasteiger partial charge in [-0.25, -0.2) is 14.8 Å². The third kappa shape index (κ3) is 4.17. The van der Waals surface area contributed by atoms with Crippen molar-refractivity contribution >= 4 is 23.1 Å². The van der Waals surface area contributed by atoms with E-state index in [4.69, 9.17) is 4.74 Å². The second-order valence-electron chi connectivity index (χ2n) is 5.05. The molecule has 2 amide bonds. The summed E-state index contributed by atoms with van der Waals surface area (Å²) in [4.78, 5) is 20.6. The largest absolute Gasteiger partial charge is 0.481 e. The molecule has 2 aromatic rings. The Hall–Kier alpha value is -2.15. The Kier molecular flexibility index (Phi) is 5.32. The second-order valence-corrected chi connectivity index (χ2v) is 5.94. The molecule has 2 heterocycles. The average molecular weight is 320 g/mol. The van der Waals surface area contributed by atoms with Crippen molar-refractivity contribution in [1.82, 2.24) is 15.3 Å². The molecule has 2 N–H and O–H groups in total. The lowest BCUT2D eigenvalue weighted by molar-refractivity contribution is 0.251. The molecule has 0 aliphatic rings. The van der Waals surface area contributed by atoms with Crippen LogP contribution in [0.25, 0.3) is 0 Å². The van der Waals surface area contributed by atoms with Gasteiger partial charge in [-0.1, -0.05) is 6.92 Å². The number of rotatable bonds is 5. The van der Waals surface area contributed by atoms with E-state index in [1.165, 1.54) is 0 Å². The van der Waals surface area contributed by atoms with Crippen LogP contribution < -0.4 is 15.4 Å². The van der Waals surface area contributed by atoms with Crippen molar-refractivity contribution < 1.29 is 9.53 Å². The molecule has 0 radical (unpaired) electrons. The lowest BCUT2D eigenvalue weighted by Crippen LogP contribution is -2.32. The molecule has 0 unspecified atom stereocenters. The minimum atomic E-state index is -0.254. The summed E-state index contributed by atoms with van der Waals surface area (Å²) in [6, 6.07) is 3.23. The molecule has 2 rings (SSSR count). The Balaban J connectivity index is 1.88. The molecule has 0 fully saturated rings. The zero-order chi connectivity index (χ0) is 16.1. The highest BCUT2D eigenvalue weighted by atomic mass is 32.1. The molecule has 0 aromatic carbocycles. The van der Waals surface area contributed by atoms with Crippen LogP contribution in [0.5, 0.6) is 5.88 Å². The minimum absolute atomic E-state index is 0.180. The lowest BCUT2D eigenvalue weighted by atomic mass is 10.2. The molecule has 7 heteroatoms. The number of nitrogens with zero attached hydrogens (tertiary/aromatic N) is 2. The Labute approximate surface area is 133 Å². The van der Waals surface area contributed by atoms with E-state index < -0.39 is 0 Å². The Morgan fingerprint density at radius 3 is 2.73 bits per heavy atom. The number of nitrogens with one attached hydrogen (secondary N) is 2. The number of thiazole rings is 1. The SMILES string of the molecule is COc1ccc(NC(=O)NC[C@@H](C)c2nc(C)cs2)c(C)n1. The predicted octanol–water partition coefficient (Wildman–Crippen LogP) is 3.09. The van der Waals surface area contributed by atoms with E-state index in [-0.39, 0.29) is 11.9 Å². The number of pyridine rings is 1. The number of ether oxygens (including phenoxy) is 1. The van der Waals surface area contributed by atoms with Crippen LogP contribution in [0, 0.1) is 13.8 Å². The topological polar surface area (TPSA) is 76.1 Å². The third-order valence-electron chi connectivity index (χ3n) is 3.14. The van der Waals surface area contributed by atoms with Crippen LogP contribution in [0.1, 0.15) is 29.2 Å². The van der Waals surface area contributed by atoms with Gasteiger partial charge in [0.25, 0.3) is 0 Å². The molecule has 0 saturated heterocycles. The van der Waals surface area contributed by atoms with Crippen LogP contribution in [0.2, 0.25) is 0 Å². The van der Waals surface area contributed by atoms with Crippen molar-refractivity contribution in [3.8, 4) is 5.88 Å². The molecule has 2 aromatic heterocycles. The van der Waals surface area contributed by atoms with Gasteiger partial charge in [-0.05, 0) is 19.9 Å². The average Bonchev–Trinajstić information content (AvgIpc) is 2.93. The Bertz CT molecular complexity index is 657. The van der Waals surface area contributed by atoms with Gasteiger partial charge >= 0.3 is 6.03 Å². The summed E-state index contributed by atoms with van der Waals surface area (Å²) >= 11 is 1.61. The summed E-state index contributed by atoms with van der Waals surface area (Å²) in [7, 11) is 1.56. The van der Waals surface area contributed by atoms with Gasteiger partial charge in [0.1, 0.15) is 0 Å². The number of carbonyl (C=O) groups is 1. The van der Waals surface area contributed by atoms with Crippen molar-refractivity contribution in [2.45, 2.75) is 26.7 Å². The summed E-state index contributed by atoms with van der Waals surface area (Å²) in [5, 5.41) is 8.68. The van der Waals surface area contributed by atoms with Gasteiger partial charge in [0, 0.05) is 29.6 Å². The van der Waals surface area contributed by atoms with Crippen molar-refractivity contribution in [2.75, 3.05) is 19.0 Å². The molecule has 22 heavy (non-hydrogen) atoms. The molecule has 118 valence electrons. The highest BCUT2D eigenvalue weighted by Gasteiger charge is 2.12. The first-order valence-electron chi connectivity index (χ1n) is 6.98. The predicted molar refractivity (Wildman–Crippen MR) is 87.8 cm³/mol. The lowest BCUT2D eigenvalue weighted by Gasteiger charge is -2.12. The van der Waals surface area contributed by atoms with Crippen LogP contribution in [-0.2, 0) is 0 Å². The van der Waals surface area contributed by atoms with Crippen molar-refractivity contribution in [2.24, 2.45) is 0 Å². The summed E-state index contributed by atoms with van der Waals surface area (Å²) in [6.07, 6.45) is 0. The van der Waals surface area contributed by atoms with Crippen LogP contribution in [-0.4, -0.2) is 29.7 Å².